The second kappa shape index (κ2) is 8.08. The number of alkyl halides is 2. The number of carbonyl (C=O) groups excluding carboxylic acids is 1. The van der Waals surface area contributed by atoms with Gasteiger partial charge in [-0.25, -0.2) is 18.0 Å². The number of hydrogen-bond acceptors (Lipinski definition) is 4. The number of amides is 1. The lowest BCUT2D eigenvalue weighted by Crippen LogP contribution is -2.28. The molecule has 8 heteroatoms. The van der Waals surface area contributed by atoms with Crippen molar-refractivity contribution < 1.29 is 22.7 Å². The molecule has 30 heavy (non-hydrogen) atoms. The van der Waals surface area contributed by atoms with Crippen molar-refractivity contribution in [3.8, 4) is 11.3 Å². The Balaban J connectivity index is 2.13. The zero-order valence-corrected chi connectivity index (χ0v) is 17.3. The summed E-state index contributed by atoms with van der Waals surface area (Å²) >= 11 is 0. The van der Waals surface area contributed by atoms with E-state index in [2.05, 4.69) is 15.3 Å². The predicted octanol–water partition coefficient (Wildman–Crippen LogP) is 6.08. The summed E-state index contributed by atoms with van der Waals surface area (Å²) in [6.07, 6.45) is 2.77. The number of halogens is 3. The van der Waals surface area contributed by atoms with Gasteiger partial charge in [-0.3, -0.25) is 15.3 Å². The van der Waals surface area contributed by atoms with E-state index >= 15 is 0 Å². The summed E-state index contributed by atoms with van der Waals surface area (Å²) in [5.74, 6) is -3.89. The molecule has 3 rings (SSSR count). The van der Waals surface area contributed by atoms with E-state index in [1.807, 2.05) is 0 Å². The third kappa shape index (κ3) is 4.98. The molecule has 1 aliphatic rings. The van der Waals surface area contributed by atoms with Crippen LogP contribution >= 0.6 is 0 Å². The number of hydrogen-bond donors (Lipinski definition) is 1. The Morgan fingerprint density at radius 2 is 1.90 bits per heavy atom. The van der Waals surface area contributed by atoms with Crippen molar-refractivity contribution in [2.24, 2.45) is 5.92 Å². The number of carbonyl (C=O) groups is 1. The normalized spacial score (nSPS) is 18.5. The van der Waals surface area contributed by atoms with Gasteiger partial charge in [0.15, 0.2) is 0 Å². The number of pyridine rings is 2. The summed E-state index contributed by atoms with van der Waals surface area (Å²) in [7, 11) is 0. The number of aromatic nitrogens is 2. The van der Waals surface area contributed by atoms with Gasteiger partial charge in [0, 0.05) is 30.8 Å². The van der Waals surface area contributed by atoms with Crippen molar-refractivity contribution in [1.29, 1.82) is 0 Å². The number of ether oxygens (including phenoxy) is 1. The Bertz CT molecular complexity index is 984. The number of rotatable bonds is 3. The summed E-state index contributed by atoms with van der Waals surface area (Å²) in [6.45, 7) is 6.81. The highest BCUT2D eigenvalue weighted by atomic mass is 19.3. The van der Waals surface area contributed by atoms with Gasteiger partial charge in [0.25, 0.3) is 5.92 Å². The average Bonchev–Trinajstić information content (AvgIpc) is 2.61. The molecule has 0 radical (unpaired) electrons. The first-order valence-electron chi connectivity index (χ1n) is 9.65. The fourth-order valence-corrected chi connectivity index (χ4v) is 3.43. The number of allylic oxidation sites excluding steroid dienone is 2. The molecular formula is C22H24F3N3O2. The first-order valence-corrected chi connectivity index (χ1v) is 9.65. The number of anilines is 1. The van der Waals surface area contributed by atoms with Crippen LogP contribution in [0.25, 0.3) is 16.8 Å². The van der Waals surface area contributed by atoms with Crippen molar-refractivity contribution in [3.05, 3.63) is 48.2 Å². The van der Waals surface area contributed by atoms with Crippen molar-refractivity contribution in [2.75, 3.05) is 5.32 Å². The van der Waals surface area contributed by atoms with Crippen molar-refractivity contribution in [3.63, 3.8) is 0 Å². The van der Waals surface area contributed by atoms with Crippen LogP contribution in [0.4, 0.5) is 23.7 Å². The third-order valence-electron chi connectivity index (χ3n) is 4.62. The molecule has 0 spiro atoms. The first-order chi connectivity index (χ1) is 14.0. The van der Waals surface area contributed by atoms with Gasteiger partial charge in [0.05, 0.1) is 11.4 Å². The highest BCUT2D eigenvalue weighted by Crippen LogP contribution is 2.43. The minimum atomic E-state index is -2.80. The van der Waals surface area contributed by atoms with Crippen LogP contribution in [-0.2, 0) is 4.74 Å². The molecule has 0 aliphatic heterocycles. The van der Waals surface area contributed by atoms with Gasteiger partial charge in [-0.15, -0.1) is 0 Å². The molecular weight excluding hydrogens is 395 g/mol. The van der Waals surface area contributed by atoms with Crippen molar-refractivity contribution in [2.45, 2.75) is 52.1 Å². The van der Waals surface area contributed by atoms with Gasteiger partial charge >= 0.3 is 6.09 Å². The van der Waals surface area contributed by atoms with Crippen LogP contribution in [0.3, 0.4) is 0 Å². The molecule has 1 unspecified atom stereocenters. The maximum Gasteiger partial charge on any atom is 0.412 e. The molecule has 0 fully saturated rings. The Morgan fingerprint density at radius 3 is 2.53 bits per heavy atom. The molecule has 2 aromatic heterocycles. The molecule has 1 aliphatic carbocycles. The predicted molar refractivity (Wildman–Crippen MR) is 109 cm³/mol. The minimum absolute atomic E-state index is 0.0154. The summed E-state index contributed by atoms with van der Waals surface area (Å²) in [5, 5.41) is 2.64. The van der Waals surface area contributed by atoms with Crippen LogP contribution in [0.15, 0.2) is 36.7 Å². The molecule has 1 atom stereocenters. The van der Waals surface area contributed by atoms with Crippen LogP contribution in [0.2, 0.25) is 0 Å². The maximum absolute atomic E-state index is 14.5. The van der Waals surface area contributed by atoms with E-state index in [9.17, 15) is 18.0 Å². The van der Waals surface area contributed by atoms with E-state index < -0.39 is 35.8 Å². The molecule has 0 bridgehead atoms. The van der Waals surface area contributed by atoms with Gasteiger partial charge in [0.1, 0.15) is 17.1 Å². The molecule has 1 N–H and O–H groups in total. The summed E-state index contributed by atoms with van der Waals surface area (Å²) < 4.78 is 47.5. The number of nitrogens with zero attached hydrogens (tertiary/aromatic N) is 2. The average molecular weight is 419 g/mol. The summed E-state index contributed by atoms with van der Waals surface area (Å²) in [4.78, 5) is 20.9. The molecule has 2 aromatic rings. The lowest BCUT2D eigenvalue weighted by Gasteiger charge is -2.28. The maximum atomic E-state index is 14.5. The van der Waals surface area contributed by atoms with Gasteiger partial charge < -0.3 is 4.74 Å². The molecule has 160 valence electrons. The number of nitrogens with one attached hydrogen (secondary N) is 1. The standard InChI is InChI=1S/C22H24F3N3O2/c1-13-12-22(24,25)9-7-14(13)18-19(28-20(29)30-21(2,3)4)15(8-11-27-18)17-16(23)6-5-10-26-17/h5-8,10-11,13H,9,12H2,1-4H3,(H,28,29). The quantitative estimate of drug-likeness (QED) is 0.655. The van der Waals surface area contributed by atoms with Gasteiger partial charge in [-0.2, -0.15) is 0 Å². The fourth-order valence-electron chi connectivity index (χ4n) is 3.43. The van der Waals surface area contributed by atoms with Crippen molar-refractivity contribution >= 4 is 17.4 Å². The zero-order valence-electron chi connectivity index (χ0n) is 17.3. The fraction of sp³-hybridized carbons (Fsp3) is 0.409. The second-order valence-electron chi connectivity index (χ2n) is 8.37. The molecule has 2 heterocycles. The lowest BCUT2D eigenvalue weighted by molar-refractivity contribution is -0.0161. The van der Waals surface area contributed by atoms with E-state index in [0.29, 0.717) is 11.3 Å². The topological polar surface area (TPSA) is 64.1 Å². The SMILES string of the molecule is CC1CC(F)(F)CC=C1c1nccc(-c2ncccc2F)c1NC(=O)OC(C)(C)C. The molecule has 0 aromatic carbocycles. The third-order valence-corrected chi connectivity index (χ3v) is 4.62. The van der Waals surface area contributed by atoms with Crippen LogP contribution in [0, 0.1) is 11.7 Å². The lowest BCUT2D eigenvalue weighted by atomic mass is 9.84. The highest BCUT2D eigenvalue weighted by Gasteiger charge is 2.37. The second-order valence-corrected chi connectivity index (χ2v) is 8.37. The Hall–Kier alpha value is -2.90. The van der Waals surface area contributed by atoms with Crippen molar-refractivity contribution in [1.82, 2.24) is 9.97 Å². The summed E-state index contributed by atoms with van der Waals surface area (Å²) in [5.41, 5.74) is 0.572. The van der Waals surface area contributed by atoms with Crippen LogP contribution in [0.5, 0.6) is 0 Å². The van der Waals surface area contributed by atoms with E-state index in [-0.39, 0.29) is 23.4 Å². The van der Waals surface area contributed by atoms with E-state index in [0.717, 1.165) is 0 Å². The Morgan fingerprint density at radius 1 is 1.20 bits per heavy atom. The van der Waals surface area contributed by atoms with Crippen LogP contribution < -0.4 is 5.32 Å². The zero-order chi connectivity index (χ0) is 22.1. The smallest absolute Gasteiger partial charge is 0.412 e. The minimum Gasteiger partial charge on any atom is -0.444 e. The summed E-state index contributed by atoms with van der Waals surface area (Å²) in [6, 6.07) is 4.22. The van der Waals surface area contributed by atoms with Crippen LogP contribution in [0.1, 0.15) is 46.2 Å². The van der Waals surface area contributed by atoms with Gasteiger partial charge in [-0.1, -0.05) is 13.0 Å². The first kappa shape index (κ1) is 21.8. The largest absolute Gasteiger partial charge is 0.444 e. The van der Waals surface area contributed by atoms with E-state index in [4.69, 9.17) is 4.74 Å². The molecule has 0 saturated carbocycles. The highest BCUT2D eigenvalue weighted by molar-refractivity contribution is 5.96. The molecule has 0 saturated heterocycles. The molecule has 5 nitrogen and oxygen atoms in total. The Labute approximate surface area is 173 Å². The van der Waals surface area contributed by atoms with E-state index in [1.165, 1.54) is 36.7 Å². The van der Waals surface area contributed by atoms with E-state index in [1.54, 1.807) is 27.7 Å². The monoisotopic (exact) mass is 419 g/mol. The molecule has 1 amide bonds. The van der Waals surface area contributed by atoms with Gasteiger partial charge in [0.2, 0.25) is 0 Å². The Kier molecular flexibility index (Phi) is 5.87. The van der Waals surface area contributed by atoms with Crippen LogP contribution in [-0.4, -0.2) is 27.6 Å². The van der Waals surface area contributed by atoms with Gasteiger partial charge in [-0.05, 0) is 50.5 Å².